The van der Waals surface area contributed by atoms with Crippen molar-refractivity contribution in [2.45, 2.75) is 26.2 Å². The molecule has 2 rings (SSSR count). The number of nitrogens with one attached hydrogen (secondary N) is 1. The Morgan fingerprint density at radius 1 is 1.12 bits per heavy atom. The van der Waals surface area contributed by atoms with Gasteiger partial charge in [0.25, 0.3) is 5.91 Å². The molecular formula is C19H19ClFNO3. The van der Waals surface area contributed by atoms with Crippen LogP contribution in [-0.2, 0) is 14.9 Å². The van der Waals surface area contributed by atoms with Gasteiger partial charge in [-0.05, 0) is 41.3 Å². The fourth-order valence-corrected chi connectivity index (χ4v) is 2.29. The second kappa shape index (κ2) is 7.66. The number of benzene rings is 2. The summed E-state index contributed by atoms with van der Waals surface area (Å²) in [5, 5.41) is 2.82. The molecule has 0 unspecified atom stereocenters. The summed E-state index contributed by atoms with van der Waals surface area (Å²) in [6, 6.07) is 10.9. The highest BCUT2D eigenvalue weighted by Crippen LogP contribution is 2.23. The monoisotopic (exact) mass is 363 g/mol. The van der Waals surface area contributed by atoms with Crippen LogP contribution in [0.5, 0.6) is 0 Å². The van der Waals surface area contributed by atoms with Gasteiger partial charge >= 0.3 is 5.97 Å². The normalized spacial score (nSPS) is 11.1. The Morgan fingerprint density at radius 3 is 2.36 bits per heavy atom. The molecule has 2 aromatic rings. The van der Waals surface area contributed by atoms with Gasteiger partial charge in [0.1, 0.15) is 5.82 Å². The zero-order valence-corrected chi connectivity index (χ0v) is 15.0. The van der Waals surface area contributed by atoms with E-state index >= 15 is 0 Å². The Kier molecular flexibility index (Phi) is 5.80. The number of anilines is 1. The van der Waals surface area contributed by atoms with E-state index in [1.54, 1.807) is 12.1 Å². The average Bonchev–Trinajstić information content (AvgIpc) is 2.54. The van der Waals surface area contributed by atoms with Crippen molar-refractivity contribution in [2.24, 2.45) is 0 Å². The Morgan fingerprint density at radius 2 is 1.76 bits per heavy atom. The van der Waals surface area contributed by atoms with Gasteiger partial charge in [-0.3, -0.25) is 4.79 Å². The van der Waals surface area contributed by atoms with E-state index < -0.39 is 24.3 Å². The summed E-state index contributed by atoms with van der Waals surface area (Å²) in [7, 11) is 0. The predicted molar refractivity (Wildman–Crippen MR) is 95.5 cm³/mol. The summed E-state index contributed by atoms with van der Waals surface area (Å²) in [6.45, 7) is 5.75. The fraction of sp³-hybridized carbons (Fsp3) is 0.263. The van der Waals surface area contributed by atoms with Gasteiger partial charge in [0, 0.05) is 10.7 Å². The molecule has 1 N–H and O–H groups in total. The van der Waals surface area contributed by atoms with Gasteiger partial charge in [0.05, 0.1) is 5.56 Å². The van der Waals surface area contributed by atoms with E-state index in [-0.39, 0.29) is 16.0 Å². The molecule has 0 fully saturated rings. The molecule has 4 nitrogen and oxygen atoms in total. The lowest BCUT2D eigenvalue weighted by Gasteiger charge is -2.19. The van der Waals surface area contributed by atoms with Gasteiger partial charge in [-0.15, -0.1) is 0 Å². The Hall–Kier alpha value is -2.40. The number of amides is 1. The summed E-state index contributed by atoms with van der Waals surface area (Å²) < 4.78 is 18.4. The minimum absolute atomic E-state index is 0.0130. The van der Waals surface area contributed by atoms with E-state index in [4.69, 9.17) is 16.3 Å². The number of esters is 1. The maximum atomic E-state index is 13.6. The zero-order valence-electron chi connectivity index (χ0n) is 14.2. The van der Waals surface area contributed by atoms with Crippen molar-refractivity contribution in [3.05, 3.63) is 64.4 Å². The predicted octanol–water partition coefficient (Wildman–Crippen LogP) is 4.57. The van der Waals surface area contributed by atoms with Crippen molar-refractivity contribution >= 4 is 29.2 Å². The molecule has 0 aliphatic heterocycles. The van der Waals surface area contributed by atoms with Crippen LogP contribution in [0.3, 0.4) is 0 Å². The Bertz CT molecular complexity index is 782. The lowest BCUT2D eigenvalue weighted by molar-refractivity contribution is -0.119. The second-order valence-corrected chi connectivity index (χ2v) is 7.01. The molecule has 0 aromatic heterocycles. The first kappa shape index (κ1) is 18.9. The van der Waals surface area contributed by atoms with Crippen LogP contribution < -0.4 is 5.32 Å². The van der Waals surface area contributed by atoms with Gasteiger partial charge in [-0.25, -0.2) is 9.18 Å². The maximum Gasteiger partial charge on any atom is 0.341 e. The van der Waals surface area contributed by atoms with Crippen molar-refractivity contribution in [1.82, 2.24) is 0 Å². The number of carbonyl (C=O) groups excluding carboxylic acids is 2. The highest BCUT2D eigenvalue weighted by Gasteiger charge is 2.16. The van der Waals surface area contributed by atoms with E-state index in [9.17, 15) is 14.0 Å². The zero-order chi connectivity index (χ0) is 18.6. The number of ether oxygens (including phenoxy) is 1. The van der Waals surface area contributed by atoms with Crippen LogP contribution >= 0.6 is 11.6 Å². The minimum Gasteiger partial charge on any atom is -0.452 e. The summed E-state index contributed by atoms with van der Waals surface area (Å²) in [6.07, 6.45) is 0. The molecule has 0 atom stereocenters. The molecule has 25 heavy (non-hydrogen) atoms. The SMILES string of the molecule is CC(C)(C)c1ccc(NC(=O)COC(=O)c2cc(Cl)ccc2F)cc1. The first-order valence-corrected chi connectivity index (χ1v) is 8.07. The van der Waals surface area contributed by atoms with Crippen LogP contribution in [-0.4, -0.2) is 18.5 Å². The molecular weight excluding hydrogens is 345 g/mol. The van der Waals surface area contributed by atoms with Crippen LogP contribution in [0.2, 0.25) is 5.02 Å². The fourth-order valence-electron chi connectivity index (χ4n) is 2.11. The van der Waals surface area contributed by atoms with Crippen LogP contribution in [0, 0.1) is 5.82 Å². The molecule has 0 bridgehead atoms. The molecule has 0 saturated heterocycles. The highest BCUT2D eigenvalue weighted by molar-refractivity contribution is 6.30. The molecule has 0 spiro atoms. The van der Waals surface area contributed by atoms with Crippen molar-refractivity contribution < 1.29 is 18.7 Å². The second-order valence-electron chi connectivity index (χ2n) is 6.58. The van der Waals surface area contributed by atoms with Gasteiger partial charge < -0.3 is 10.1 Å². The molecule has 0 saturated carbocycles. The lowest BCUT2D eigenvalue weighted by atomic mass is 9.87. The smallest absolute Gasteiger partial charge is 0.341 e. The number of halogens is 2. The Balaban J connectivity index is 1.92. The third-order valence-corrected chi connectivity index (χ3v) is 3.75. The molecule has 0 aliphatic carbocycles. The third kappa shape index (κ3) is 5.29. The lowest BCUT2D eigenvalue weighted by Crippen LogP contribution is -2.21. The third-order valence-electron chi connectivity index (χ3n) is 3.52. The van der Waals surface area contributed by atoms with Crippen molar-refractivity contribution in [1.29, 1.82) is 0 Å². The summed E-state index contributed by atoms with van der Waals surface area (Å²) in [5.41, 5.74) is 1.42. The van der Waals surface area contributed by atoms with Crippen LogP contribution in [0.15, 0.2) is 42.5 Å². The van der Waals surface area contributed by atoms with Crippen LogP contribution in [0.1, 0.15) is 36.7 Å². The summed E-state index contributed by atoms with van der Waals surface area (Å²) in [4.78, 5) is 23.7. The van der Waals surface area contributed by atoms with Gasteiger partial charge in [-0.1, -0.05) is 44.5 Å². The number of hydrogen-bond acceptors (Lipinski definition) is 3. The van der Waals surface area contributed by atoms with E-state index in [1.165, 1.54) is 6.07 Å². The van der Waals surface area contributed by atoms with Crippen LogP contribution in [0.4, 0.5) is 10.1 Å². The number of hydrogen-bond donors (Lipinski definition) is 1. The van der Waals surface area contributed by atoms with Crippen molar-refractivity contribution in [3.63, 3.8) is 0 Å². The molecule has 1 amide bonds. The molecule has 0 heterocycles. The van der Waals surface area contributed by atoms with Crippen molar-refractivity contribution in [2.75, 3.05) is 11.9 Å². The van der Waals surface area contributed by atoms with Gasteiger partial charge in [0.15, 0.2) is 6.61 Å². The summed E-state index contributed by atoms with van der Waals surface area (Å²) in [5.74, 6) is -2.22. The number of rotatable bonds is 4. The maximum absolute atomic E-state index is 13.6. The molecule has 0 radical (unpaired) electrons. The average molecular weight is 364 g/mol. The van der Waals surface area contributed by atoms with Gasteiger partial charge in [0.2, 0.25) is 0 Å². The highest BCUT2D eigenvalue weighted by atomic mass is 35.5. The van der Waals surface area contributed by atoms with E-state index in [0.717, 1.165) is 17.7 Å². The standard InChI is InChI=1S/C19H19ClFNO3/c1-19(2,3)12-4-7-14(8-5-12)22-17(23)11-25-18(24)15-10-13(20)6-9-16(15)21/h4-10H,11H2,1-3H3,(H,22,23). The largest absolute Gasteiger partial charge is 0.452 e. The first-order chi connectivity index (χ1) is 11.7. The first-order valence-electron chi connectivity index (χ1n) is 7.69. The minimum atomic E-state index is -0.946. The van der Waals surface area contributed by atoms with Crippen LogP contribution in [0.25, 0.3) is 0 Å². The van der Waals surface area contributed by atoms with Crippen molar-refractivity contribution in [3.8, 4) is 0 Å². The van der Waals surface area contributed by atoms with E-state index in [1.807, 2.05) is 12.1 Å². The van der Waals surface area contributed by atoms with E-state index in [0.29, 0.717) is 5.69 Å². The molecule has 2 aromatic carbocycles. The molecule has 6 heteroatoms. The topological polar surface area (TPSA) is 55.4 Å². The Labute approximate surface area is 150 Å². The summed E-state index contributed by atoms with van der Waals surface area (Å²) >= 11 is 5.72. The number of carbonyl (C=O) groups is 2. The van der Waals surface area contributed by atoms with Gasteiger partial charge in [-0.2, -0.15) is 0 Å². The van der Waals surface area contributed by atoms with E-state index in [2.05, 4.69) is 26.1 Å². The molecule has 0 aliphatic rings. The molecule has 132 valence electrons. The quantitative estimate of drug-likeness (QED) is 0.809.